The fourth-order valence-electron chi connectivity index (χ4n) is 1.60. The van der Waals surface area contributed by atoms with Gasteiger partial charge in [-0.3, -0.25) is 4.72 Å². The Kier molecular flexibility index (Phi) is 4.20. The zero-order chi connectivity index (χ0) is 14.8. The number of nitrogens with one attached hydrogen (secondary N) is 1. The standard InChI is InChI=1S/C13H12BrNO4S/c1-19-12-7-2-9(14)8-13(12)20(17,18)15-10-3-5-11(16)6-4-10/h2-8,15-16H,1H3. The minimum Gasteiger partial charge on any atom is -0.508 e. The maximum absolute atomic E-state index is 12.3. The second-order valence-electron chi connectivity index (χ2n) is 3.95. The third kappa shape index (κ3) is 3.23. The lowest BCUT2D eigenvalue weighted by Crippen LogP contribution is -2.14. The molecule has 0 aliphatic carbocycles. The third-order valence-corrected chi connectivity index (χ3v) is 4.43. The summed E-state index contributed by atoms with van der Waals surface area (Å²) >= 11 is 3.23. The Hall–Kier alpha value is -1.73. The van der Waals surface area contributed by atoms with Crippen molar-refractivity contribution in [1.82, 2.24) is 0 Å². The number of aromatic hydroxyl groups is 1. The summed E-state index contributed by atoms with van der Waals surface area (Å²) in [5.74, 6) is 0.312. The average Bonchev–Trinajstić information content (AvgIpc) is 2.41. The van der Waals surface area contributed by atoms with E-state index < -0.39 is 10.0 Å². The van der Waals surface area contributed by atoms with Gasteiger partial charge in [0.25, 0.3) is 10.0 Å². The van der Waals surface area contributed by atoms with Crippen LogP contribution in [0.4, 0.5) is 5.69 Å². The fraction of sp³-hybridized carbons (Fsp3) is 0.0769. The molecule has 0 atom stereocenters. The highest BCUT2D eigenvalue weighted by Crippen LogP contribution is 2.29. The molecule has 0 unspecified atom stereocenters. The maximum atomic E-state index is 12.3. The first-order chi connectivity index (χ1) is 9.42. The van der Waals surface area contributed by atoms with Crippen LogP contribution in [-0.2, 0) is 10.0 Å². The number of benzene rings is 2. The van der Waals surface area contributed by atoms with E-state index in [9.17, 15) is 13.5 Å². The summed E-state index contributed by atoms with van der Waals surface area (Å²) in [6.45, 7) is 0. The molecule has 2 aromatic rings. The van der Waals surface area contributed by atoms with Crippen molar-refractivity contribution in [2.24, 2.45) is 0 Å². The first-order valence-electron chi connectivity index (χ1n) is 5.58. The van der Waals surface area contributed by atoms with Crippen LogP contribution in [-0.4, -0.2) is 20.6 Å². The molecular weight excluding hydrogens is 346 g/mol. The number of anilines is 1. The summed E-state index contributed by atoms with van der Waals surface area (Å²) < 4.78 is 32.8. The average molecular weight is 358 g/mol. The molecule has 0 heterocycles. The number of sulfonamides is 1. The van der Waals surface area contributed by atoms with Crippen molar-refractivity contribution < 1.29 is 18.3 Å². The van der Waals surface area contributed by atoms with E-state index in [1.165, 1.54) is 37.4 Å². The first-order valence-corrected chi connectivity index (χ1v) is 7.85. The van der Waals surface area contributed by atoms with E-state index in [-0.39, 0.29) is 16.4 Å². The summed E-state index contributed by atoms with van der Waals surface area (Å²) in [5.41, 5.74) is 0.352. The zero-order valence-corrected chi connectivity index (χ0v) is 12.9. The van der Waals surface area contributed by atoms with Crippen LogP contribution in [0.25, 0.3) is 0 Å². The first kappa shape index (κ1) is 14.7. The predicted molar refractivity (Wildman–Crippen MR) is 79.6 cm³/mol. The van der Waals surface area contributed by atoms with E-state index in [0.717, 1.165) is 0 Å². The number of ether oxygens (including phenoxy) is 1. The fourth-order valence-corrected chi connectivity index (χ4v) is 3.37. The number of hydrogen-bond donors (Lipinski definition) is 2. The highest BCUT2D eigenvalue weighted by molar-refractivity contribution is 9.10. The van der Waals surface area contributed by atoms with Gasteiger partial charge in [0.15, 0.2) is 0 Å². The molecule has 20 heavy (non-hydrogen) atoms. The van der Waals surface area contributed by atoms with Gasteiger partial charge in [-0.2, -0.15) is 0 Å². The summed E-state index contributed by atoms with van der Waals surface area (Å²) in [5, 5.41) is 9.19. The van der Waals surface area contributed by atoms with Crippen molar-refractivity contribution in [3.63, 3.8) is 0 Å². The van der Waals surface area contributed by atoms with Gasteiger partial charge in [0, 0.05) is 10.2 Å². The third-order valence-electron chi connectivity index (χ3n) is 2.53. The van der Waals surface area contributed by atoms with Crippen LogP contribution >= 0.6 is 15.9 Å². The van der Waals surface area contributed by atoms with Gasteiger partial charge in [-0.05, 0) is 42.5 Å². The monoisotopic (exact) mass is 357 g/mol. The predicted octanol–water partition coefficient (Wildman–Crippen LogP) is 2.96. The molecule has 0 radical (unpaired) electrons. The van der Waals surface area contributed by atoms with Crippen LogP contribution < -0.4 is 9.46 Å². The highest BCUT2D eigenvalue weighted by Gasteiger charge is 2.20. The van der Waals surface area contributed by atoms with Crippen molar-refractivity contribution >= 4 is 31.6 Å². The maximum Gasteiger partial charge on any atom is 0.265 e. The molecule has 0 saturated carbocycles. The van der Waals surface area contributed by atoms with E-state index in [1.807, 2.05) is 0 Å². The smallest absolute Gasteiger partial charge is 0.265 e. The highest BCUT2D eigenvalue weighted by atomic mass is 79.9. The van der Waals surface area contributed by atoms with Crippen LogP contribution in [0, 0.1) is 0 Å². The number of phenolic OH excluding ortho intramolecular Hbond substituents is 1. The molecule has 0 fully saturated rings. The Bertz CT molecular complexity index is 714. The van der Waals surface area contributed by atoms with Crippen molar-refractivity contribution in [3.05, 3.63) is 46.9 Å². The normalized spacial score (nSPS) is 11.1. The topological polar surface area (TPSA) is 75.6 Å². The molecule has 0 bridgehead atoms. The largest absolute Gasteiger partial charge is 0.508 e. The minimum atomic E-state index is -3.78. The molecule has 2 N–H and O–H groups in total. The molecule has 0 aliphatic heterocycles. The van der Waals surface area contributed by atoms with Gasteiger partial charge in [0.2, 0.25) is 0 Å². The van der Waals surface area contributed by atoms with Crippen molar-refractivity contribution in [1.29, 1.82) is 0 Å². The van der Waals surface area contributed by atoms with Gasteiger partial charge in [0.05, 0.1) is 7.11 Å². The van der Waals surface area contributed by atoms with Crippen LogP contribution in [0.1, 0.15) is 0 Å². The Morgan fingerprint density at radius 1 is 1.15 bits per heavy atom. The number of methoxy groups -OCH3 is 1. The molecule has 0 spiro atoms. The second kappa shape index (κ2) is 5.72. The van der Waals surface area contributed by atoms with E-state index in [0.29, 0.717) is 10.2 Å². The zero-order valence-electron chi connectivity index (χ0n) is 10.5. The molecule has 0 aromatic heterocycles. The quantitative estimate of drug-likeness (QED) is 0.824. The lowest BCUT2D eigenvalue weighted by Gasteiger charge is -2.12. The van der Waals surface area contributed by atoms with Crippen LogP contribution in [0.2, 0.25) is 0 Å². The molecule has 2 aromatic carbocycles. The molecule has 2 rings (SSSR count). The van der Waals surface area contributed by atoms with E-state index >= 15 is 0 Å². The summed E-state index contributed by atoms with van der Waals surface area (Å²) in [6, 6.07) is 10.5. The van der Waals surface area contributed by atoms with Gasteiger partial charge in [0.1, 0.15) is 16.4 Å². The Balaban J connectivity index is 2.40. The van der Waals surface area contributed by atoms with E-state index in [4.69, 9.17) is 4.74 Å². The molecule has 0 aliphatic rings. The number of rotatable bonds is 4. The summed E-state index contributed by atoms with van der Waals surface area (Å²) in [4.78, 5) is 0.0300. The molecule has 5 nitrogen and oxygen atoms in total. The lowest BCUT2D eigenvalue weighted by atomic mass is 10.3. The van der Waals surface area contributed by atoms with Crippen molar-refractivity contribution in [2.75, 3.05) is 11.8 Å². The molecule has 7 heteroatoms. The van der Waals surface area contributed by atoms with Crippen LogP contribution in [0.3, 0.4) is 0 Å². The van der Waals surface area contributed by atoms with Crippen LogP contribution in [0.5, 0.6) is 11.5 Å². The molecule has 106 valence electrons. The van der Waals surface area contributed by atoms with Gasteiger partial charge in [-0.1, -0.05) is 15.9 Å². The SMILES string of the molecule is COc1ccc(Br)cc1S(=O)(=O)Nc1ccc(O)cc1. The molecular formula is C13H12BrNO4S. The summed E-state index contributed by atoms with van der Waals surface area (Å²) in [6.07, 6.45) is 0. The van der Waals surface area contributed by atoms with Crippen LogP contribution in [0.15, 0.2) is 51.8 Å². The minimum absolute atomic E-state index is 0.0300. The molecule has 0 saturated heterocycles. The molecule has 0 amide bonds. The Morgan fingerprint density at radius 2 is 1.80 bits per heavy atom. The lowest BCUT2D eigenvalue weighted by molar-refractivity contribution is 0.403. The summed E-state index contributed by atoms with van der Waals surface area (Å²) in [7, 11) is -2.37. The Labute approximate surface area is 125 Å². The van der Waals surface area contributed by atoms with Gasteiger partial charge < -0.3 is 9.84 Å². The number of halogens is 1. The van der Waals surface area contributed by atoms with E-state index in [2.05, 4.69) is 20.7 Å². The second-order valence-corrected chi connectivity index (χ2v) is 6.51. The number of phenols is 1. The van der Waals surface area contributed by atoms with Gasteiger partial charge >= 0.3 is 0 Å². The van der Waals surface area contributed by atoms with Crippen molar-refractivity contribution in [2.45, 2.75) is 4.90 Å². The Morgan fingerprint density at radius 3 is 2.40 bits per heavy atom. The van der Waals surface area contributed by atoms with Gasteiger partial charge in [-0.25, -0.2) is 8.42 Å². The van der Waals surface area contributed by atoms with E-state index in [1.54, 1.807) is 12.1 Å². The van der Waals surface area contributed by atoms with Gasteiger partial charge in [-0.15, -0.1) is 0 Å². The van der Waals surface area contributed by atoms with Crippen molar-refractivity contribution in [3.8, 4) is 11.5 Å². The number of hydrogen-bond acceptors (Lipinski definition) is 4.